The second-order valence-corrected chi connectivity index (χ2v) is 5.73. The van der Waals surface area contributed by atoms with Gasteiger partial charge in [0.2, 0.25) is 11.8 Å². The molecule has 0 N–H and O–H groups in total. The Hall–Kier alpha value is -2.14. The normalized spacial score (nSPS) is 17.2. The summed E-state index contributed by atoms with van der Waals surface area (Å²) in [6.07, 6.45) is 3.39. The Morgan fingerprint density at radius 2 is 2.04 bits per heavy atom. The smallest absolute Gasteiger partial charge is 0.228 e. The molecule has 0 radical (unpaired) electrons. The summed E-state index contributed by atoms with van der Waals surface area (Å²) in [6.45, 7) is 8.32. The molecular formula is C17H18ClFN2O2. The molecule has 1 aliphatic rings. The van der Waals surface area contributed by atoms with Crippen LogP contribution in [0.5, 0.6) is 0 Å². The van der Waals surface area contributed by atoms with Crippen molar-refractivity contribution < 1.29 is 14.0 Å². The molecule has 1 aromatic carbocycles. The zero-order valence-corrected chi connectivity index (χ0v) is 13.4. The molecule has 1 aliphatic heterocycles. The molecule has 122 valence electrons. The van der Waals surface area contributed by atoms with Gasteiger partial charge < -0.3 is 9.80 Å². The minimum Gasteiger partial charge on any atom is -0.335 e. The Balaban J connectivity index is 2.15. The fraction of sp³-hybridized carbons (Fsp3) is 0.294. The summed E-state index contributed by atoms with van der Waals surface area (Å²) in [5.41, 5.74) is 0.496. The molecule has 0 bridgehead atoms. The molecule has 2 rings (SSSR count). The maximum atomic E-state index is 13.2. The molecular weight excluding hydrogens is 319 g/mol. The van der Waals surface area contributed by atoms with Gasteiger partial charge >= 0.3 is 0 Å². The van der Waals surface area contributed by atoms with Gasteiger partial charge in [0, 0.05) is 31.7 Å². The molecule has 0 saturated carbocycles. The molecule has 1 unspecified atom stereocenters. The van der Waals surface area contributed by atoms with Crippen molar-refractivity contribution >= 4 is 29.1 Å². The van der Waals surface area contributed by atoms with Crippen molar-refractivity contribution in [3.05, 3.63) is 54.3 Å². The molecule has 1 aromatic rings. The van der Waals surface area contributed by atoms with Gasteiger partial charge in [-0.25, -0.2) is 4.39 Å². The molecule has 4 nitrogen and oxygen atoms in total. The van der Waals surface area contributed by atoms with E-state index >= 15 is 0 Å². The number of nitrogens with zero attached hydrogens (tertiary/aromatic N) is 2. The summed E-state index contributed by atoms with van der Waals surface area (Å²) in [5.74, 6) is -1.28. The molecule has 6 heteroatoms. The van der Waals surface area contributed by atoms with Crippen LogP contribution in [0.3, 0.4) is 0 Å². The summed E-state index contributed by atoms with van der Waals surface area (Å²) in [4.78, 5) is 27.8. The number of benzene rings is 1. The van der Waals surface area contributed by atoms with Crippen molar-refractivity contribution in [2.75, 3.05) is 24.5 Å². The third-order valence-corrected chi connectivity index (χ3v) is 3.99. The number of carbonyl (C=O) groups is 2. The van der Waals surface area contributed by atoms with Gasteiger partial charge in [0.1, 0.15) is 5.82 Å². The van der Waals surface area contributed by atoms with Crippen molar-refractivity contribution in [2.24, 2.45) is 5.92 Å². The molecule has 0 aliphatic carbocycles. The lowest BCUT2D eigenvalue weighted by Crippen LogP contribution is -2.37. The van der Waals surface area contributed by atoms with Crippen molar-refractivity contribution in [3.63, 3.8) is 0 Å². The van der Waals surface area contributed by atoms with Gasteiger partial charge in [0.15, 0.2) is 0 Å². The van der Waals surface area contributed by atoms with Crippen molar-refractivity contribution in [2.45, 2.75) is 6.42 Å². The second kappa shape index (κ2) is 7.42. The van der Waals surface area contributed by atoms with Crippen LogP contribution in [0, 0.1) is 11.7 Å². The number of amides is 2. The zero-order valence-electron chi connectivity index (χ0n) is 12.7. The molecule has 0 aromatic heterocycles. The minimum atomic E-state index is -0.544. The van der Waals surface area contributed by atoms with Crippen LogP contribution in [0.4, 0.5) is 10.1 Å². The Kier molecular flexibility index (Phi) is 5.55. The highest BCUT2D eigenvalue weighted by molar-refractivity contribution is 6.31. The Bertz CT molecular complexity index is 637. The summed E-state index contributed by atoms with van der Waals surface area (Å²) in [7, 11) is 0. The number of rotatable bonds is 6. The standard InChI is InChI=1S/C17H18ClFN2O2/c1-3-7-20(8-4-2)17(23)12-9-16(22)21(11-12)13-5-6-15(19)14(18)10-13/h3-6,10,12H,1-2,7-9,11H2. The average Bonchev–Trinajstić information content (AvgIpc) is 2.91. The lowest BCUT2D eigenvalue weighted by atomic mass is 10.1. The van der Waals surface area contributed by atoms with Gasteiger partial charge in [-0.3, -0.25) is 9.59 Å². The van der Waals surface area contributed by atoms with Crippen LogP contribution in [0.2, 0.25) is 5.02 Å². The highest BCUT2D eigenvalue weighted by atomic mass is 35.5. The first-order valence-corrected chi connectivity index (χ1v) is 7.61. The van der Waals surface area contributed by atoms with Gasteiger partial charge in [-0.1, -0.05) is 23.8 Å². The van der Waals surface area contributed by atoms with Crippen molar-refractivity contribution in [3.8, 4) is 0 Å². The van der Waals surface area contributed by atoms with Gasteiger partial charge in [-0.2, -0.15) is 0 Å². The molecule has 2 amide bonds. The molecule has 1 atom stereocenters. The quantitative estimate of drug-likeness (QED) is 0.749. The van der Waals surface area contributed by atoms with Gasteiger partial charge in [-0.05, 0) is 18.2 Å². The summed E-state index contributed by atoms with van der Waals surface area (Å²) in [6, 6.07) is 4.09. The molecule has 0 spiro atoms. The van der Waals surface area contributed by atoms with Crippen LogP contribution in [0.1, 0.15) is 6.42 Å². The van der Waals surface area contributed by atoms with E-state index in [1.165, 1.54) is 23.1 Å². The van der Waals surface area contributed by atoms with Crippen LogP contribution in [-0.4, -0.2) is 36.3 Å². The van der Waals surface area contributed by atoms with Crippen LogP contribution in [-0.2, 0) is 9.59 Å². The highest BCUT2D eigenvalue weighted by Crippen LogP contribution is 2.29. The van der Waals surface area contributed by atoms with Crippen molar-refractivity contribution in [1.29, 1.82) is 0 Å². The van der Waals surface area contributed by atoms with Crippen LogP contribution in [0.25, 0.3) is 0 Å². The first-order chi connectivity index (χ1) is 11.0. The van der Waals surface area contributed by atoms with E-state index in [-0.39, 0.29) is 29.8 Å². The van der Waals surface area contributed by atoms with E-state index in [1.54, 1.807) is 17.1 Å². The van der Waals surface area contributed by atoms with Crippen LogP contribution < -0.4 is 4.90 Å². The fourth-order valence-corrected chi connectivity index (χ4v) is 2.77. The average molecular weight is 337 g/mol. The van der Waals surface area contributed by atoms with Gasteiger partial charge in [-0.15, -0.1) is 13.2 Å². The monoisotopic (exact) mass is 336 g/mol. The predicted molar refractivity (Wildman–Crippen MR) is 88.8 cm³/mol. The number of hydrogen-bond donors (Lipinski definition) is 0. The molecule has 1 heterocycles. The number of hydrogen-bond acceptors (Lipinski definition) is 2. The predicted octanol–water partition coefficient (Wildman–Crippen LogP) is 3.03. The van der Waals surface area contributed by atoms with E-state index in [1.807, 2.05) is 0 Å². The van der Waals surface area contributed by atoms with Gasteiger partial charge in [0.25, 0.3) is 0 Å². The maximum Gasteiger partial charge on any atom is 0.228 e. The molecule has 23 heavy (non-hydrogen) atoms. The topological polar surface area (TPSA) is 40.6 Å². The van der Waals surface area contributed by atoms with E-state index < -0.39 is 11.7 Å². The van der Waals surface area contributed by atoms with E-state index in [2.05, 4.69) is 13.2 Å². The maximum absolute atomic E-state index is 13.2. The van der Waals surface area contributed by atoms with E-state index in [0.717, 1.165) is 0 Å². The minimum absolute atomic E-state index is 0.0509. The molecule has 1 fully saturated rings. The fourth-order valence-electron chi connectivity index (χ4n) is 2.60. The lowest BCUT2D eigenvalue weighted by Gasteiger charge is -2.23. The number of carbonyl (C=O) groups excluding carboxylic acids is 2. The summed E-state index contributed by atoms with van der Waals surface area (Å²) < 4.78 is 13.2. The Labute approximate surface area is 139 Å². The third kappa shape index (κ3) is 3.79. The highest BCUT2D eigenvalue weighted by Gasteiger charge is 2.36. The Morgan fingerprint density at radius 3 is 2.61 bits per heavy atom. The Morgan fingerprint density at radius 1 is 1.39 bits per heavy atom. The lowest BCUT2D eigenvalue weighted by molar-refractivity contribution is -0.134. The number of anilines is 1. The van der Waals surface area contributed by atoms with Crippen LogP contribution >= 0.6 is 11.6 Å². The van der Waals surface area contributed by atoms with E-state index in [4.69, 9.17) is 11.6 Å². The second-order valence-electron chi connectivity index (χ2n) is 5.32. The first kappa shape index (κ1) is 17.2. The SMILES string of the molecule is C=CCN(CC=C)C(=O)C1CC(=O)N(c2ccc(F)c(Cl)c2)C1. The van der Waals surface area contributed by atoms with Crippen molar-refractivity contribution in [1.82, 2.24) is 4.90 Å². The summed E-state index contributed by atoms with van der Waals surface area (Å²) in [5, 5.41) is -0.0509. The third-order valence-electron chi connectivity index (χ3n) is 3.70. The van der Waals surface area contributed by atoms with E-state index in [9.17, 15) is 14.0 Å². The largest absolute Gasteiger partial charge is 0.335 e. The number of halogens is 2. The van der Waals surface area contributed by atoms with Gasteiger partial charge in [0.05, 0.1) is 10.9 Å². The zero-order chi connectivity index (χ0) is 17.0. The first-order valence-electron chi connectivity index (χ1n) is 7.24. The van der Waals surface area contributed by atoms with E-state index in [0.29, 0.717) is 18.8 Å². The van der Waals surface area contributed by atoms with Crippen LogP contribution in [0.15, 0.2) is 43.5 Å². The molecule has 1 saturated heterocycles. The summed E-state index contributed by atoms with van der Waals surface area (Å²) >= 11 is 5.76.